The fourth-order valence-electron chi connectivity index (χ4n) is 4.24. The molecule has 1 atom stereocenters. The molecule has 0 amide bonds. The van der Waals surface area contributed by atoms with Gasteiger partial charge in [0.1, 0.15) is 0 Å². The van der Waals surface area contributed by atoms with Crippen molar-refractivity contribution in [2.24, 2.45) is 11.3 Å². The topological polar surface area (TPSA) is 3.24 Å². The molecule has 1 fully saturated rings. The summed E-state index contributed by atoms with van der Waals surface area (Å²) in [5.41, 5.74) is 5.02. The molecule has 0 aliphatic carbocycles. The van der Waals surface area contributed by atoms with E-state index >= 15 is 0 Å². The van der Waals surface area contributed by atoms with Crippen LogP contribution in [0, 0.1) is 11.3 Å². The number of allylic oxidation sites excluding steroid dienone is 6. The van der Waals surface area contributed by atoms with E-state index in [4.69, 9.17) is 0 Å². The van der Waals surface area contributed by atoms with Crippen LogP contribution in [0.2, 0.25) is 0 Å². The van der Waals surface area contributed by atoms with Crippen LogP contribution in [0.25, 0.3) is 16.1 Å². The zero-order chi connectivity index (χ0) is 23.0. The maximum Gasteiger partial charge on any atom is 0.0367 e. The average Bonchev–Trinajstić information content (AvgIpc) is 3.36. The van der Waals surface area contributed by atoms with Gasteiger partial charge in [0.05, 0.1) is 0 Å². The van der Waals surface area contributed by atoms with E-state index in [-0.39, 0.29) is 5.41 Å². The largest absolute Gasteiger partial charge is 0.371 e. The zero-order valence-corrected chi connectivity index (χ0v) is 20.5. The first-order chi connectivity index (χ1) is 15.4. The summed E-state index contributed by atoms with van der Waals surface area (Å²) in [6.45, 7) is 19.0. The quantitative estimate of drug-likeness (QED) is 0.262. The van der Waals surface area contributed by atoms with Crippen molar-refractivity contribution in [2.75, 3.05) is 13.1 Å². The van der Waals surface area contributed by atoms with E-state index in [1.54, 1.807) is 11.3 Å². The summed E-state index contributed by atoms with van der Waals surface area (Å²) in [5, 5.41) is 2.13. The van der Waals surface area contributed by atoms with Crippen molar-refractivity contribution in [1.82, 2.24) is 4.90 Å². The van der Waals surface area contributed by atoms with Crippen LogP contribution in [0.3, 0.4) is 0 Å². The van der Waals surface area contributed by atoms with E-state index in [0.717, 1.165) is 31.6 Å². The Bertz CT molecular complexity index is 974. The summed E-state index contributed by atoms with van der Waals surface area (Å²) in [5.74, 6) is 0.669. The van der Waals surface area contributed by atoms with E-state index in [9.17, 15) is 0 Å². The third-order valence-electron chi connectivity index (χ3n) is 6.29. The fourth-order valence-corrected chi connectivity index (χ4v) is 4.96. The lowest BCUT2D eigenvalue weighted by atomic mass is 9.85. The molecule has 1 aromatic heterocycles. The maximum absolute atomic E-state index is 4.46. The van der Waals surface area contributed by atoms with Gasteiger partial charge >= 0.3 is 0 Å². The Kier molecular flexibility index (Phi) is 8.53. The van der Waals surface area contributed by atoms with Crippen molar-refractivity contribution in [3.05, 3.63) is 103 Å². The molecule has 1 unspecified atom stereocenters. The van der Waals surface area contributed by atoms with Gasteiger partial charge in [-0.3, -0.25) is 0 Å². The predicted octanol–water partition coefficient (Wildman–Crippen LogP) is 8.76. The molecule has 0 bridgehead atoms. The molecular weight excluding hydrogens is 406 g/mol. The highest BCUT2D eigenvalue weighted by Gasteiger charge is 2.21. The molecule has 0 saturated carbocycles. The second-order valence-electron chi connectivity index (χ2n) is 9.44. The molecule has 1 aromatic carbocycles. The van der Waals surface area contributed by atoms with Crippen LogP contribution >= 0.6 is 11.3 Å². The van der Waals surface area contributed by atoms with E-state index in [1.807, 2.05) is 12.2 Å². The average molecular weight is 444 g/mol. The smallest absolute Gasteiger partial charge is 0.0367 e. The number of piperidine rings is 1. The summed E-state index contributed by atoms with van der Waals surface area (Å²) in [6.07, 6.45) is 15.3. The van der Waals surface area contributed by atoms with Crippen LogP contribution < -0.4 is 0 Å². The van der Waals surface area contributed by atoms with E-state index in [0.29, 0.717) is 5.92 Å². The molecule has 2 aromatic rings. The highest BCUT2D eigenvalue weighted by atomic mass is 32.1. The van der Waals surface area contributed by atoms with Crippen molar-refractivity contribution >= 4 is 17.0 Å². The minimum absolute atomic E-state index is 0.0961. The molecule has 168 valence electrons. The van der Waals surface area contributed by atoms with Crippen LogP contribution in [0.1, 0.15) is 45.1 Å². The van der Waals surface area contributed by atoms with E-state index in [1.165, 1.54) is 34.4 Å². The van der Waals surface area contributed by atoms with Crippen molar-refractivity contribution in [3.63, 3.8) is 0 Å². The third kappa shape index (κ3) is 6.71. The first-order valence-corrected chi connectivity index (χ1v) is 12.5. The zero-order valence-electron chi connectivity index (χ0n) is 19.7. The van der Waals surface area contributed by atoms with Gasteiger partial charge in [-0.2, -0.15) is 0 Å². The molecule has 2 heterocycles. The minimum Gasteiger partial charge on any atom is -0.371 e. The first kappa shape index (κ1) is 24.1. The van der Waals surface area contributed by atoms with E-state index < -0.39 is 0 Å². The van der Waals surface area contributed by atoms with Crippen LogP contribution in [0.5, 0.6) is 0 Å². The van der Waals surface area contributed by atoms with Crippen LogP contribution in [0.4, 0.5) is 0 Å². The first-order valence-electron chi connectivity index (χ1n) is 11.6. The number of thiophene rings is 1. The number of nitrogens with zero attached hydrogens (tertiary/aromatic N) is 1. The standard InChI is InChI=1S/C30H37NS/c1-6-25(22-30(4,5)7-2)13-8-9-14-26-15-11-19-31(23-26)24(3)27-16-10-17-28(21-27)29-18-12-20-32-29/h6-10,12-13,16-18,20-21,26H,1-3,11,14-15,19,22-23H2,4-5H3/b9-8-,25-13+. The van der Waals surface area contributed by atoms with Crippen molar-refractivity contribution in [2.45, 2.75) is 39.5 Å². The Morgan fingerprint density at radius 2 is 2.06 bits per heavy atom. The molecule has 0 N–H and O–H groups in total. The molecule has 32 heavy (non-hydrogen) atoms. The summed E-state index contributed by atoms with van der Waals surface area (Å²) >= 11 is 1.78. The van der Waals surface area contributed by atoms with Gasteiger partial charge in [-0.1, -0.05) is 81.7 Å². The molecule has 1 aliphatic heterocycles. The molecule has 1 nitrogen and oxygen atoms in total. The van der Waals surface area contributed by atoms with Gasteiger partial charge in [0.25, 0.3) is 0 Å². The lowest BCUT2D eigenvalue weighted by Gasteiger charge is -2.35. The fraction of sp³-hybridized carbons (Fsp3) is 0.333. The maximum atomic E-state index is 4.46. The van der Waals surface area contributed by atoms with Crippen LogP contribution in [0.15, 0.2) is 97.5 Å². The van der Waals surface area contributed by atoms with Gasteiger partial charge in [0.15, 0.2) is 0 Å². The molecule has 0 radical (unpaired) electrons. The number of rotatable bonds is 10. The van der Waals surface area contributed by atoms with Gasteiger partial charge in [-0.15, -0.1) is 17.9 Å². The number of hydrogen-bond donors (Lipinski definition) is 0. The highest BCUT2D eigenvalue weighted by Crippen LogP contribution is 2.31. The van der Waals surface area contributed by atoms with Gasteiger partial charge in [-0.25, -0.2) is 0 Å². The Hall–Kier alpha value is -2.58. The Labute approximate surface area is 199 Å². The predicted molar refractivity (Wildman–Crippen MR) is 144 cm³/mol. The molecule has 2 heteroatoms. The summed E-state index contributed by atoms with van der Waals surface area (Å²) < 4.78 is 0. The van der Waals surface area contributed by atoms with Gasteiger partial charge in [0.2, 0.25) is 0 Å². The number of hydrogen-bond acceptors (Lipinski definition) is 2. The highest BCUT2D eigenvalue weighted by molar-refractivity contribution is 7.13. The summed E-state index contributed by atoms with van der Waals surface area (Å²) in [7, 11) is 0. The third-order valence-corrected chi connectivity index (χ3v) is 7.21. The van der Waals surface area contributed by atoms with Gasteiger partial charge in [0, 0.05) is 23.7 Å². The summed E-state index contributed by atoms with van der Waals surface area (Å²) in [4.78, 5) is 3.79. The minimum atomic E-state index is 0.0961. The molecule has 0 spiro atoms. The van der Waals surface area contributed by atoms with E-state index in [2.05, 4.69) is 98.5 Å². The van der Waals surface area contributed by atoms with Crippen molar-refractivity contribution in [1.29, 1.82) is 0 Å². The lowest BCUT2D eigenvalue weighted by Crippen LogP contribution is -2.33. The number of likely N-dealkylation sites (tertiary alicyclic amines) is 1. The van der Waals surface area contributed by atoms with Gasteiger partial charge < -0.3 is 4.90 Å². The lowest BCUT2D eigenvalue weighted by molar-refractivity contribution is 0.248. The molecule has 3 rings (SSSR count). The molecule has 1 saturated heterocycles. The number of benzene rings is 1. The SMILES string of the molecule is C=C/C(=C\C=C/CC1CCCN(C(=C)c2cccc(-c3cccs3)c2)C1)CC(C)(C)C=C. The second-order valence-corrected chi connectivity index (χ2v) is 10.4. The van der Waals surface area contributed by atoms with Crippen LogP contribution in [-0.4, -0.2) is 18.0 Å². The monoisotopic (exact) mass is 443 g/mol. The van der Waals surface area contributed by atoms with Crippen LogP contribution in [-0.2, 0) is 0 Å². The van der Waals surface area contributed by atoms with Crippen molar-refractivity contribution in [3.8, 4) is 10.4 Å². The Morgan fingerprint density at radius 3 is 2.78 bits per heavy atom. The summed E-state index contributed by atoms with van der Waals surface area (Å²) in [6, 6.07) is 13.1. The Morgan fingerprint density at radius 1 is 1.22 bits per heavy atom. The Balaban J connectivity index is 1.58. The van der Waals surface area contributed by atoms with Crippen molar-refractivity contribution < 1.29 is 0 Å². The second kappa shape index (κ2) is 11.3. The van der Waals surface area contributed by atoms with Gasteiger partial charge in [-0.05, 0) is 71.2 Å². The normalized spacial score (nSPS) is 17.5. The molecule has 1 aliphatic rings. The molecular formula is C30H37NS.